The molecule has 1 fully saturated rings. The van der Waals surface area contributed by atoms with Crippen LogP contribution in [0.2, 0.25) is 0 Å². The molecule has 1 aliphatic heterocycles. The van der Waals surface area contributed by atoms with Gasteiger partial charge in [0.1, 0.15) is 4.88 Å². The summed E-state index contributed by atoms with van der Waals surface area (Å²) in [5.41, 5.74) is 3.43. The van der Waals surface area contributed by atoms with Crippen LogP contribution in [0.1, 0.15) is 20.0 Å². The Morgan fingerprint density at radius 1 is 0.972 bits per heavy atom. The van der Waals surface area contributed by atoms with E-state index in [4.69, 9.17) is 4.98 Å². The van der Waals surface area contributed by atoms with Crippen molar-refractivity contribution in [2.24, 2.45) is 10.1 Å². The molecule has 11 heteroatoms. The fourth-order valence-corrected chi connectivity index (χ4v) is 4.72. The van der Waals surface area contributed by atoms with Gasteiger partial charge in [0.05, 0.1) is 11.0 Å². The fourth-order valence-electron chi connectivity index (χ4n) is 4.16. The summed E-state index contributed by atoms with van der Waals surface area (Å²) in [7, 11) is 1.67. The second kappa shape index (κ2) is 10.1. The molecule has 0 atom stereocenters. The topological polar surface area (TPSA) is 108 Å². The monoisotopic (exact) mass is 500 g/mol. The third kappa shape index (κ3) is 4.48. The number of benzene rings is 2. The Morgan fingerprint density at radius 3 is 2.31 bits per heavy atom. The number of carbonyl (C=O) groups is 2. The molecule has 0 spiro atoms. The summed E-state index contributed by atoms with van der Waals surface area (Å²) in [4.78, 5) is 38.8. The van der Waals surface area contributed by atoms with Crippen molar-refractivity contribution in [2.75, 3.05) is 38.5 Å². The Kier molecular flexibility index (Phi) is 6.54. The molecule has 1 aliphatic rings. The number of nitrogens with zero attached hydrogens (tertiary/aromatic N) is 7. The third-order valence-electron chi connectivity index (χ3n) is 6.01. The number of nitrogens with one attached hydrogen (secondary N) is 1. The lowest BCUT2D eigenvalue weighted by Crippen LogP contribution is -2.50. The zero-order valence-electron chi connectivity index (χ0n) is 19.7. The van der Waals surface area contributed by atoms with Crippen LogP contribution >= 0.6 is 11.5 Å². The molecule has 10 nitrogen and oxygen atoms in total. The van der Waals surface area contributed by atoms with Crippen molar-refractivity contribution in [1.29, 1.82) is 0 Å². The predicted octanol–water partition coefficient (Wildman–Crippen LogP) is 2.83. The van der Waals surface area contributed by atoms with Crippen molar-refractivity contribution >= 4 is 52.6 Å². The quantitative estimate of drug-likeness (QED) is 0.424. The molecule has 2 amide bonds. The number of hydrogen-bond acceptors (Lipinski definition) is 8. The predicted molar refractivity (Wildman–Crippen MR) is 140 cm³/mol. The average molecular weight is 501 g/mol. The smallest absolute Gasteiger partial charge is 0.265 e. The van der Waals surface area contributed by atoms with E-state index in [9.17, 15) is 9.59 Å². The van der Waals surface area contributed by atoms with Crippen LogP contribution in [-0.2, 0) is 0 Å². The first-order valence-corrected chi connectivity index (χ1v) is 12.1. The van der Waals surface area contributed by atoms with E-state index in [2.05, 4.69) is 26.5 Å². The number of anilines is 2. The van der Waals surface area contributed by atoms with Crippen LogP contribution in [0, 0.1) is 0 Å². The summed E-state index contributed by atoms with van der Waals surface area (Å²) in [6, 6.07) is 16.6. The van der Waals surface area contributed by atoms with Crippen LogP contribution in [0.25, 0.3) is 11.0 Å². The molecule has 1 N–H and O–H groups in total. The molecule has 1 saturated heterocycles. The molecule has 0 unspecified atom stereocenters. The van der Waals surface area contributed by atoms with Crippen LogP contribution < -0.4 is 10.8 Å². The van der Waals surface area contributed by atoms with Crippen molar-refractivity contribution < 1.29 is 9.59 Å². The number of amides is 2. The van der Waals surface area contributed by atoms with Gasteiger partial charge in [0.15, 0.2) is 11.3 Å². The van der Waals surface area contributed by atoms with E-state index in [1.165, 1.54) is 11.5 Å². The van der Waals surface area contributed by atoms with Gasteiger partial charge >= 0.3 is 0 Å². The van der Waals surface area contributed by atoms with Gasteiger partial charge in [-0.25, -0.2) is 14.0 Å². The highest BCUT2D eigenvalue weighted by Crippen LogP contribution is 2.19. The maximum atomic E-state index is 13.0. The van der Waals surface area contributed by atoms with Crippen molar-refractivity contribution in [2.45, 2.75) is 0 Å². The van der Waals surface area contributed by atoms with Gasteiger partial charge in [-0.05, 0) is 54.0 Å². The first-order chi connectivity index (χ1) is 17.6. The lowest BCUT2D eigenvalue weighted by atomic mass is 10.1. The van der Waals surface area contributed by atoms with Gasteiger partial charge in [-0.3, -0.25) is 14.6 Å². The van der Waals surface area contributed by atoms with E-state index < -0.39 is 0 Å². The number of rotatable bonds is 5. The number of fused-ring (bicyclic) bond motifs is 1. The highest BCUT2D eigenvalue weighted by atomic mass is 32.1. The van der Waals surface area contributed by atoms with Crippen molar-refractivity contribution in [3.8, 4) is 0 Å². The second-order valence-electron chi connectivity index (χ2n) is 8.11. The molecule has 2 aromatic carbocycles. The summed E-state index contributed by atoms with van der Waals surface area (Å²) < 4.78 is 5.63. The number of piperazine rings is 1. The Hall–Kier alpha value is -4.38. The first kappa shape index (κ1) is 23.4. The fraction of sp³-hybridized carbons (Fsp3) is 0.200. The van der Waals surface area contributed by atoms with Crippen LogP contribution in [0.4, 0.5) is 11.5 Å². The second-order valence-corrected chi connectivity index (χ2v) is 8.95. The number of carbonyl (C=O) groups excluding carboxylic acids is 2. The molecule has 3 heterocycles. The highest BCUT2D eigenvalue weighted by molar-refractivity contribution is 7.08. The zero-order valence-corrected chi connectivity index (χ0v) is 20.5. The zero-order chi connectivity index (χ0) is 25.1. The molecular weight excluding hydrogens is 476 g/mol. The molecule has 0 bridgehead atoms. The minimum Gasteiger partial charge on any atom is -0.337 e. The standard InChI is InChI=1S/C25H24N8O2S/c1-26-23-22(30-19-5-3-4-6-20(19)33(23)27-2)29-18-9-7-17(8-10-18)24(34)31-13-15-32(16-14-31)25(35)21-11-12-28-36-21/h3-12H,2,13-16H2,1H3,(H,29,30). The number of aromatic nitrogens is 3. The summed E-state index contributed by atoms with van der Waals surface area (Å²) >= 11 is 1.19. The van der Waals surface area contributed by atoms with Gasteiger partial charge in [-0.2, -0.15) is 5.10 Å². The summed E-state index contributed by atoms with van der Waals surface area (Å²) in [5.74, 6) is 0.436. The molecule has 0 radical (unpaired) electrons. The number of para-hydroxylation sites is 2. The average Bonchev–Trinajstić information content (AvgIpc) is 3.47. The Bertz CT molecular complexity index is 1490. The van der Waals surface area contributed by atoms with Crippen molar-refractivity contribution in [3.05, 3.63) is 76.7 Å². The number of hydrogen-bond donors (Lipinski definition) is 1. The van der Waals surface area contributed by atoms with Gasteiger partial charge in [0.2, 0.25) is 0 Å². The van der Waals surface area contributed by atoms with E-state index in [1.807, 2.05) is 36.4 Å². The minimum atomic E-state index is -0.0618. The molecule has 2 aromatic heterocycles. The van der Waals surface area contributed by atoms with Crippen LogP contribution in [0.15, 0.2) is 70.9 Å². The SMILES string of the molecule is C=Nn1c(=NC)c(Nc2ccc(C(=O)N3CCN(C(=O)c4ccns4)CC3)cc2)nc2ccccc21. The maximum absolute atomic E-state index is 13.0. The van der Waals surface area contributed by atoms with Crippen molar-refractivity contribution in [1.82, 2.24) is 23.8 Å². The van der Waals surface area contributed by atoms with E-state index in [1.54, 1.807) is 45.9 Å². The summed E-state index contributed by atoms with van der Waals surface area (Å²) in [6.45, 7) is 5.64. The van der Waals surface area contributed by atoms with Gasteiger partial charge in [-0.1, -0.05) is 12.1 Å². The van der Waals surface area contributed by atoms with Crippen molar-refractivity contribution in [3.63, 3.8) is 0 Å². The molecule has 0 saturated carbocycles. The van der Waals surface area contributed by atoms with E-state index >= 15 is 0 Å². The third-order valence-corrected chi connectivity index (χ3v) is 6.74. The van der Waals surface area contributed by atoms with Crippen LogP contribution in [0.3, 0.4) is 0 Å². The van der Waals surface area contributed by atoms with Gasteiger partial charge in [0, 0.05) is 57.4 Å². The van der Waals surface area contributed by atoms with Crippen LogP contribution in [0.5, 0.6) is 0 Å². The molecule has 36 heavy (non-hydrogen) atoms. The van der Waals surface area contributed by atoms with Gasteiger partial charge < -0.3 is 15.1 Å². The summed E-state index contributed by atoms with van der Waals surface area (Å²) in [6.07, 6.45) is 1.62. The van der Waals surface area contributed by atoms with Gasteiger partial charge in [-0.15, -0.1) is 0 Å². The van der Waals surface area contributed by atoms with E-state index in [0.717, 1.165) is 16.7 Å². The lowest BCUT2D eigenvalue weighted by molar-refractivity contribution is 0.0538. The first-order valence-electron chi connectivity index (χ1n) is 11.4. The minimum absolute atomic E-state index is 0.0338. The largest absolute Gasteiger partial charge is 0.337 e. The van der Waals surface area contributed by atoms with Crippen LogP contribution in [-0.4, -0.2) is 75.6 Å². The molecular formula is C25H24N8O2S. The highest BCUT2D eigenvalue weighted by Gasteiger charge is 2.26. The maximum Gasteiger partial charge on any atom is 0.265 e. The molecule has 5 rings (SSSR count). The molecule has 182 valence electrons. The summed E-state index contributed by atoms with van der Waals surface area (Å²) in [5, 5.41) is 7.39. The Morgan fingerprint density at radius 2 is 1.67 bits per heavy atom. The molecule has 4 aromatic rings. The Balaban J connectivity index is 1.29. The lowest BCUT2D eigenvalue weighted by Gasteiger charge is -2.34. The normalized spacial score (nSPS) is 14.2. The van der Waals surface area contributed by atoms with Gasteiger partial charge in [0.25, 0.3) is 11.8 Å². The Labute approximate surface area is 211 Å². The van der Waals surface area contributed by atoms with E-state index in [-0.39, 0.29) is 11.8 Å². The van der Waals surface area contributed by atoms with E-state index in [0.29, 0.717) is 47.9 Å². The molecule has 0 aliphatic carbocycles.